The zero-order valence-corrected chi connectivity index (χ0v) is 12.7. The number of hydrogen-bond acceptors (Lipinski definition) is 5. The van der Waals surface area contributed by atoms with Gasteiger partial charge in [0.2, 0.25) is 5.88 Å². The molecule has 5 heteroatoms. The maximum absolute atomic E-state index is 5.73. The van der Waals surface area contributed by atoms with E-state index in [1.54, 1.807) is 19.5 Å². The van der Waals surface area contributed by atoms with E-state index in [1.165, 1.54) is 0 Å². The molecule has 1 atom stereocenters. The summed E-state index contributed by atoms with van der Waals surface area (Å²) in [5, 5.41) is 3.43. The van der Waals surface area contributed by atoms with E-state index < -0.39 is 0 Å². The summed E-state index contributed by atoms with van der Waals surface area (Å²) in [6, 6.07) is 7.83. The molecule has 0 radical (unpaired) electrons. The third-order valence-electron chi connectivity index (χ3n) is 3.10. The van der Waals surface area contributed by atoms with Crippen molar-refractivity contribution in [2.45, 2.75) is 19.9 Å². The fraction of sp³-hybridized carbons (Fsp3) is 0.375. The van der Waals surface area contributed by atoms with Crippen molar-refractivity contribution < 1.29 is 9.47 Å². The predicted octanol–water partition coefficient (Wildman–Crippen LogP) is 2.58. The highest BCUT2D eigenvalue weighted by Crippen LogP contribution is 2.32. The number of hydrogen-bond donors (Lipinski definition) is 1. The Kier molecular flexibility index (Phi) is 5.51. The van der Waals surface area contributed by atoms with Gasteiger partial charge in [-0.1, -0.05) is 25.1 Å². The first-order chi connectivity index (χ1) is 10.3. The molecule has 1 heterocycles. The summed E-state index contributed by atoms with van der Waals surface area (Å²) in [6.07, 6.45) is 3.30. The monoisotopic (exact) mass is 287 g/mol. The van der Waals surface area contributed by atoms with E-state index in [2.05, 4.69) is 22.2 Å². The molecule has 0 fully saturated rings. The third-order valence-corrected chi connectivity index (χ3v) is 3.10. The van der Waals surface area contributed by atoms with Crippen molar-refractivity contribution in [3.8, 4) is 11.6 Å². The first-order valence-electron chi connectivity index (χ1n) is 7.11. The highest BCUT2D eigenvalue weighted by atomic mass is 16.5. The van der Waals surface area contributed by atoms with Crippen LogP contribution in [0.3, 0.4) is 0 Å². The average molecular weight is 287 g/mol. The third kappa shape index (κ3) is 3.49. The predicted molar refractivity (Wildman–Crippen MR) is 81.7 cm³/mol. The molecule has 2 rings (SSSR count). The van der Waals surface area contributed by atoms with Crippen LogP contribution in [0.5, 0.6) is 11.6 Å². The van der Waals surface area contributed by atoms with Crippen LogP contribution in [0.2, 0.25) is 0 Å². The van der Waals surface area contributed by atoms with Gasteiger partial charge in [0.15, 0.2) is 0 Å². The highest BCUT2D eigenvalue weighted by molar-refractivity contribution is 5.42. The van der Waals surface area contributed by atoms with Crippen LogP contribution in [0, 0.1) is 0 Å². The molecule has 1 aromatic carbocycles. The van der Waals surface area contributed by atoms with E-state index in [9.17, 15) is 0 Å². The van der Waals surface area contributed by atoms with Crippen LogP contribution >= 0.6 is 0 Å². The molecule has 1 aromatic heterocycles. The Balaban J connectivity index is 2.48. The van der Waals surface area contributed by atoms with Crippen molar-refractivity contribution in [2.24, 2.45) is 0 Å². The van der Waals surface area contributed by atoms with Crippen molar-refractivity contribution in [2.75, 3.05) is 20.3 Å². The van der Waals surface area contributed by atoms with Gasteiger partial charge in [-0.05, 0) is 19.5 Å². The van der Waals surface area contributed by atoms with Crippen LogP contribution in [0.1, 0.15) is 31.1 Å². The summed E-state index contributed by atoms with van der Waals surface area (Å²) < 4.78 is 11.1. The van der Waals surface area contributed by atoms with Crippen LogP contribution in [-0.2, 0) is 0 Å². The quantitative estimate of drug-likeness (QED) is 0.848. The van der Waals surface area contributed by atoms with Crippen LogP contribution in [0.25, 0.3) is 0 Å². The van der Waals surface area contributed by atoms with Crippen molar-refractivity contribution in [1.29, 1.82) is 0 Å². The van der Waals surface area contributed by atoms with Crippen LogP contribution in [0.15, 0.2) is 36.7 Å². The number of rotatable bonds is 7. The summed E-state index contributed by atoms with van der Waals surface area (Å²) in [5.41, 5.74) is 1.79. The summed E-state index contributed by atoms with van der Waals surface area (Å²) in [7, 11) is 1.60. The number of aromatic nitrogens is 2. The van der Waals surface area contributed by atoms with Crippen molar-refractivity contribution >= 4 is 0 Å². The molecule has 1 unspecified atom stereocenters. The molecular weight excluding hydrogens is 266 g/mol. The Hall–Kier alpha value is -2.14. The zero-order chi connectivity index (χ0) is 15.1. The van der Waals surface area contributed by atoms with Gasteiger partial charge >= 0.3 is 0 Å². The Morgan fingerprint density at radius 1 is 1.14 bits per heavy atom. The maximum atomic E-state index is 5.73. The number of methoxy groups -OCH3 is 1. The van der Waals surface area contributed by atoms with Gasteiger partial charge in [-0.2, -0.15) is 0 Å². The largest absolute Gasteiger partial charge is 0.494 e. The fourth-order valence-electron chi connectivity index (χ4n) is 2.26. The van der Waals surface area contributed by atoms with Crippen LogP contribution in [-0.4, -0.2) is 30.2 Å². The van der Waals surface area contributed by atoms with E-state index in [-0.39, 0.29) is 6.04 Å². The smallest absolute Gasteiger partial charge is 0.237 e. The molecule has 2 aromatic rings. The van der Waals surface area contributed by atoms with Gasteiger partial charge < -0.3 is 14.8 Å². The summed E-state index contributed by atoms with van der Waals surface area (Å²) >= 11 is 0. The lowest BCUT2D eigenvalue weighted by atomic mass is 10.0. The zero-order valence-electron chi connectivity index (χ0n) is 12.7. The van der Waals surface area contributed by atoms with E-state index in [0.29, 0.717) is 12.5 Å². The van der Waals surface area contributed by atoms with Gasteiger partial charge in [0, 0.05) is 18.0 Å². The molecule has 0 saturated carbocycles. The maximum Gasteiger partial charge on any atom is 0.237 e. The molecular formula is C16H21N3O2. The molecule has 1 N–H and O–H groups in total. The lowest BCUT2D eigenvalue weighted by Crippen LogP contribution is -2.24. The minimum atomic E-state index is -0.124. The van der Waals surface area contributed by atoms with E-state index in [1.807, 2.05) is 31.2 Å². The van der Waals surface area contributed by atoms with E-state index in [0.717, 1.165) is 23.6 Å². The first kappa shape index (κ1) is 15.3. The fourth-order valence-corrected chi connectivity index (χ4v) is 2.26. The van der Waals surface area contributed by atoms with Crippen molar-refractivity contribution in [1.82, 2.24) is 15.3 Å². The number of nitrogens with zero attached hydrogens (tertiary/aromatic N) is 2. The lowest BCUT2D eigenvalue weighted by molar-refractivity contribution is 0.332. The minimum absolute atomic E-state index is 0.124. The number of ether oxygens (including phenoxy) is 2. The molecule has 0 bridgehead atoms. The topological polar surface area (TPSA) is 56.3 Å². The Morgan fingerprint density at radius 2 is 1.90 bits per heavy atom. The molecule has 21 heavy (non-hydrogen) atoms. The first-order valence-corrected chi connectivity index (χ1v) is 7.11. The van der Waals surface area contributed by atoms with Gasteiger partial charge in [-0.3, -0.25) is 4.98 Å². The molecule has 0 aliphatic rings. The normalized spacial score (nSPS) is 12.0. The molecule has 112 valence electrons. The summed E-state index contributed by atoms with van der Waals surface area (Å²) in [4.78, 5) is 8.68. The second-order valence-corrected chi connectivity index (χ2v) is 4.41. The Labute approximate surface area is 125 Å². The van der Waals surface area contributed by atoms with Gasteiger partial charge in [-0.25, -0.2) is 4.98 Å². The van der Waals surface area contributed by atoms with Gasteiger partial charge in [-0.15, -0.1) is 0 Å². The molecule has 0 amide bonds. The van der Waals surface area contributed by atoms with E-state index >= 15 is 0 Å². The Bertz CT molecular complexity index is 575. The van der Waals surface area contributed by atoms with Crippen molar-refractivity contribution in [3.05, 3.63) is 47.9 Å². The van der Waals surface area contributed by atoms with Gasteiger partial charge in [0.05, 0.1) is 19.8 Å². The molecule has 0 aliphatic heterocycles. The summed E-state index contributed by atoms with van der Waals surface area (Å²) in [6.45, 7) is 5.44. The van der Waals surface area contributed by atoms with E-state index in [4.69, 9.17) is 9.47 Å². The highest BCUT2D eigenvalue weighted by Gasteiger charge is 2.22. The van der Waals surface area contributed by atoms with Crippen LogP contribution in [0.4, 0.5) is 0 Å². The van der Waals surface area contributed by atoms with Crippen LogP contribution < -0.4 is 14.8 Å². The Morgan fingerprint density at radius 3 is 2.62 bits per heavy atom. The van der Waals surface area contributed by atoms with Gasteiger partial charge in [0.25, 0.3) is 0 Å². The van der Waals surface area contributed by atoms with Gasteiger partial charge in [0.1, 0.15) is 11.4 Å². The summed E-state index contributed by atoms with van der Waals surface area (Å²) in [5.74, 6) is 1.37. The second-order valence-electron chi connectivity index (χ2n) is 4.41. The molecule has 5 nitrogen and oxygen atoms in total. The number of benzene rings is 1. The molecule has 0 spiro atoms. The molecule has 0 aliphatic carbocycles. The average Bonchev–Trinajstić information content (AvgIpc) is 2.54. The number of para-hydroxylation sites is 1. The number of nitrogens with one attached hydrogen (secondary N) is 1. The minimum Gasteiger partial charge on any atom is -0.494 e. The SMILES string of the molecule is CCNC(c1ccccc1OCC)c1nccnc1OC. The second kappa shape index (κ2) is 7.59. The lowest BCUT2D eigenvalue weighted by Gasteiger charge is -2.21. The standard InChI is InChI=1S/C16H21N3O2/c1-4-17-14(15-16(20-3)19-11-10-18-15)12-8-6-7-9-13(12)21-5-2/h6-11,14,17H,4-5H2,1-3H3. The van der Waals surface area contributed by atoms with Crippen molar-refractivity contribution in [3.63, 3.8) is 0 Å². The molecule has 0 saturated heterocycles.